The second-order valence-electron chi connectivity index (χ2n) is 2.84. The van der Waals surface area contributed by atoms with Crippen LogP contribution < -0.4 is 17.0 Å². The second kappa shape index (κ2) is 5.59. The first-order valence-electron chi connectivity index (χ1n) is 3.95. The molecule has 0 spiro atoms. The first kappa shape index (κ1) is 12.0. The predicted molar refractivity (Wildman–Crippen MR) is 42.6 cm³/mol. The van der Waals surface area contributed by atoms with E-state index in [1.54, 1.807) is 0 Å². The molecule has 1 aromatic heterocycles. The minimum Gasteiger partial charge on any atom is -1.00 e. The van der Waals surface area contributed by atoms with Gasteiger partial charge in [0, 0.05) is 6.42 Å². The summed E-state index contributed by atoms with van der Waals surface area (Å²) in [5, 5.41) is 8.44. The fraction of sp³-hybridized carbons (Fsp3) is 0.500. The van der Waals surface area contributed by atoms with Gasteiger partial charge in [-0.2, -0.15) is 0 Å². The Kier molecular flexibility index (Phi) is 5.14. The number of hydrogen-bond donors (Lipinski definition) is 2. The van der Waals surface area contributed by atoms with Crippen LogP contribution in [-0.4, -0.2) is 16.1 Å². The minimum atomic E-state index is -0.738. The Hall–Kier alpha value is -1.03. The quantitative estimate of drug-likeness (QED) is 0.544. The fourth-order valence-corrected chi connectivity index (χ4v) is 1.06. The number of aromatic nitrogens is 2. The number of rotatable bonds is 4. The van der Waals surface area contributed by atoms with Crippen molar-refractivity contribution < 1.29 is 26.9 Å². The van der Waals surface area contributed by atoms with Crippen molar-refractivity contribution in [1.82, 2.24) is 4.98 Å². The van der Waals surface area contributed by atoms with Crippen LogP contribution >= 0.6 is 0 Å². The van der Waals surface area contributed by atoms with Gasteiger partial charge in [-0.05, 0) is 13.3 Å². The molecule has 0 aromatic carbocycles. The summed E-state index contributed by atoms with van der Waals surface area (Å²) in [6.45, 7) is 2.00. The summed E-state index contributed by atoms with van der Waals surface area (Å²) < 4.78 is 1.96. The van der Waals surface area contributed by atoms with Gasteiger partial charge in [0.15, 0.2) is 0 Å². The smallest absolute Gasteiger partial charge is 0.303 e. The Balaban J connectivity index is 0.00000144. The monoisotopic (exact) mass is 204 g/mol. The number of nitrogens with one attached hydrogen (secondary N) is 1. The summed E-state index contributed by atoms with van der Waals surface area (Å²) in [5.41, 5.74) is 0. The number of nitrogens with zero attached hydrogens (tertiary/aromatic N) is 1. The van der Waals surface area contributed by atoms with Gasteiger partial charge in [0.1, 0.15) is 12.4 Å². The highest BCUT2D eigenvalue weighted by molar-refractivity contribution is 5.66. The van der Waals surface area contributed by atoms with Crippen molar-refractivity contribution in [1.29, 1.82) is 0 Å². The highest BCUT2D eigenvalue weighted by Gasteiger charge is 2.10. The molecule has 0 saturated carbocycles. The van der Waals surface area contributed by atoms with Crippen LogP contribution in [0.3, 0.4) is 0 Å². The molecule has 0 fully saturated rings. The lowest BCUT2D eigenvalue weighted by Crippen LogP contribution is -3.00. The second-order valence-corrected chi connectivity index (χ2v) is 2.84. The minimum absolute atomic E-state index is 0. The van der Waals surface area contributed by atoms with Crippen LogP contribution in [0.2, 0.25) is 0 Å². The Morgan fingerprint density at radius 3 is 2.85 bits per heavy atom. The van der Waals surface area contributed by atoms with Crippen molar-refractivity contribution in [3.63, 3.8) is 0 Å². The number of aliphatic carboxylic acids is 1. The molecule has 1 unspecified atom stereocenters. The number of carboxylic acid groups (broad SMARTS) is 1. The van der Waals surface area contributed by atoms with Gasteiger partial charge in [0.2, 0.25) is 6.33 Å². The molecule has 0 saturated heterocycles. The van der Waals surface area contributed by atoms with Crippen LogP contribution in [0.4, 0.5) is 0 Å². The van der Waals surface area contributed by atoms with Gasteiger partial charge in [-0.1, -0.05) is 0 Å². The number of aromatic amines is 1. The topological polar surface area (TPSA) is 57.0 Å². The molecular weight excluding hydrogens is 192 g/mol. The normalized spacial score (nSPS) is 11.8. The van der Waals surface area contributed by atoms with Crippen LogP contribution in [0.25, 0.3) is 0 Å². The third kappa shape index (κ3) is 3.94. The van der Waals surface area contributed by atoms with Gasteiger partial charge in [-0.25, -0.2) is 4.57 Å². The Bertz CT molecular complexity index is 249. The zero-order chi connectivity index (χ0) is 8.97. The maximum absolute atomic E-state index is 10.3. The van der Waals surface area contributed by atoms with Gasteiger partial charge in [0.25, 0.3) is 0 Å². The van der Waals surface area contributed by atoms with E-state index in [0.717, 1.165) is 0 Å². The molecule has 1 heterocycles. The number of carboxylic acids is 1. The van der Waals surface area contributed by atoms with E-state index in [2.05, 4.69) is 4.98 Å². The number of halogens is 1. The molecule has 0 aliphatic rings. The maximum Gasteiger partial charge on any atom is 0.303 e. The molecule has 0 aliphatic heterocycles. The van der Waals surface area contributed by atoms with Gasteiger partial charge in [-0.15, -0.1) is 0 Å². The third-order valence-electron chi connectivity index (χ3n) is 1.85. The highest BCUT2D eigenvalue weighted by Crippen LogP contribution is 2.03. The molecule has 0 radical (unpaired) electrons. The first-order chi connectivity index (χ1) is 5.70. The van der Waals surface area contributed by atoms with Crippen molar-refractivity contribution in [2.45, 2.75) is 25.8 Å². The van der Waals surface area contributed by atoms with Crippen LogP contribution in [0.1, 0.15) is 25.8 Å². The molecule has 1 aromatic rings. The van der Waals surface area contributed by atoms with Crippen LogP contribution in [0.5, 0.6) is 0 Å². The standard InChI is InChI=1S/C8H12N2O2.ClH/c1-7(2-3-8(11)12)10-5-4-9-6-10;/h4-7H,2-3H2,1H3,(H,11,12);1H. The molecule has 5 heteroatoms. The summed E-state index contributed by atoms with van der Waals surface area (Å²) in [5.74, 6) is -0.738. The predicted octanol–water partition coefficient (Wildman–Crippen LogP) is -2.27. The van der Waals surface area contributed by atoms with E-state index in [-0.39, 0.29) is 24.9 Å². The number of H-pyrrole nitrogens is 1. The number of hydrogen-bond acceptors (Lipinski definition) is 1. The van der Waals surface area contributed by atoms with Gasteiger partial charge in [0.05, 0.1) is 6.04 Å². The average molecular weight is 205 g/mol. The molecule has 13 heavy (non-hydrogen) atoms. The van der Waals surface area contributed by atoms with Crippen LogP contribution in [-0.2, 0) is 4.79 Å². The molecule has 1 rings (SSSR count). The molecule has 4 nitrogen and oxygen atoms in total. The molecule has 74 valence electrons. The highest BCUT2D eigenvalue weighted by atomic mass is 35.5. The van der Waals surface area contributed by atoms with E-state index in [1.165, 1.54) is 0 Å². The summed E-state index contributed by atoms with van der Waals surface area (Å²) in [7, 11) is 0. The van der Waals surface area contributed by atoms with E-state index in [9.17, 15) is 4.79 Å². The third-order valence-corrected chi connectivity index (χ3v) is 1.85. The Morgan fingerprint density at radius 2 is 2.38 bits per heavy atom. The van der Waals surface area contributed by atoms with Crippen LogP contribution in [0.15, 0.2) is 18.7 Å². The SMILES string of the molecule is CC(CCC(=O)O)[n+]1cc[nH]c1.[Cl-]. The van der Waals surface area contributed by atoms with E-state index in [1.807, 2.05) is 30.2 Å². The molecule has 1 atom stereocenters. The molecule has 0 bridgehead atoms. The fourth-order valence-electron chi connectivity index (χ4n) is 1.06. The summed E-state index contributed by atoms with van der Waals surface area (Å²) in [6.07, 6.45) is 6.42. The molecule has 0 aliphatic carbocycles. The van der Waals surface area contributed by atoms with Gasteiger partial charge >= 0.3 is 5.97 Å². The van der Waals surface area contributed by atoms with Crippen LogP contribution in [0, 0.1) is 0 Å². The molecule has 2 N–H and O–H groups in total. The van der Waals surface area contributed by atoms with Gasteiger partial charge < -0.3 is 17.5 Å². The number of carbonyl (C=O) groups is 1. The maximum atomic E-state index is 10.3. The average Bonchev–Trinajstić information content (AvgIpc) is 2.51. The summed E-state index contributed by atoms with van der Waals surface area (Å²) in [4.78, 5) is 13.2. The van der Waals surface area contributed by atoms with Crippen molar-refractivity contribution >= 4 is 5.97 Å². The lowest BCUT2D eigenvalue weighted by molar-refractivity contribution is -0.719. The van der Waals surface area contributed by atoms with Gasteiger partial charge in [-0.3, -0.25) is 9.78 Å². The van der Waals surface area contributed by atoms with Crippen molar-refractivity contribution in [2.75, 3.05) is 0 Å². The zero-order valence-corrected chi connectivity index (χ0v) is 8.16. The number of imidazole rings is 1. The Morgan fingerprint density at radius 1 is 1.69 bits per heavy atom. The van der Waals surface area contributed by atoms with Crippen molar-refractivity contribution in [3.05, 3.63) is 18.7 Å². The largest absolute Gasteiger partial charge is 1.00 e. The van der Waals surface area contributed by atoms with E-state index >= 15 is 0 Å². The first-order valence-corrected chi connectivity index (χ1v) is 3.95. The Labute approximate surface area is 83.0 Å². The zero-order valence-electron chi connectivity index (χ0n) is 7.40. The van der Waals surface area contributed by atoms with Crippen molar-refractivity contribution in [2.24, 2.45) is 0 Å². The van der Waals surface area contributed by atoms with E-state index in [4.69, 9.17) is 5.11 Å². The van der Waals surface area contributed by atoms with E-state index < -0.39 is 5.97 Å². The lowest BCUT2D eigenvalue weighted by atomic mass is 10.2. The molecule has 0 amide bonds. The molecular formula is C8H13ClN2O2. The summed E-state index contributed by atoms with van der Waals surface area (Å²) >= 11 is 0. The van der Waals surface area contributed by atoms with Crippen molar-refractivity contribution in [3.8, 4) is 0 Å². The summed E-state index contributed by atoms with van der Waals surface area (Å²) in [6, 6.07) is 0.243. The van der Waals surface area contributed by atoms with E-state index in [0.29, 0.717) is 6.42 Å². The lowest BCUT2D eigenvalue weighted by Gasteiger charge is -2.04.